The molecule has 0 unspecified atom stereocenters. The Morgan fingerprint density at radius 2 is 0.818 bits per heavy atom. The summed E-state index contributed by atoms with van der Waals surface area (Å²) in [5.74, 6) is 0. The van der Waals surface area contributed by atoms with Crippen molar-refractivity contribution in [3.05, 3.63) is 234 Å². The molecule has 0 fully saturated rings. The molecule has 2 aromatic heterocycles. The van der Waals surface area contributed by atoms with Crippen molar-refractivity contribution in [2.75, 3.05) is 4.90 Å². The smallest absolute Gasteiger partial charge is 0.0541 e. The molecule has 0 amide bonds. The molecule has 3 nitrogen and oxygen atoms in total. The highest BCUT2D eigenvalue weighted by molar-refractivity contribution is 6.09. The lowest BCUT2D eigenvalue weighted by molar-refractivity contribution is 0.660. The first-order valence-electron chi connectivity index (χ1n) is 23.2. The van der Waals surface area contributed by atoms with Crippen LogP contribution in [0.3, 0.4) is 0 Å². The van der Waals surface area contributed by atoms with Crippen molar-refractivity contribution < 1.29 is 0 Å². The molecule has 0 N–H and O–H groups in total. The zero-order valence-corrected chi connectivity index (χ0v) is 37.1. The Bertz CT molecular complexity index is 3760. The first-order valence-corrected chi connectivity index (χ1v) is 23.2. The van der Waals surface area contributed by atoms with Gasteiger partial charge in [-0.1, -0.05) is 159 Å². The number of rotatable bonds is 7. The minimum absolute atomic E-state index is 0.110. The summed E-state index contributed by atoms with van der Waals surface area (Å²) in [4.78, 5) is 2.41. The number of para-hydroxylation sites is 3. The lowest BCUT2D eigenvalue weighted by atomic mass is 9.82. The molecule has 0 aliphatic heterocycles. The third-order valence-electron chi connectivity index (χ3n) is 14.4. The number of hydrogen-bond donors (Lipinski definition) is 0. The summed E-state index contributed by atoms with van der Waals surface area (Å²) in [5.41, 5.74) is 19.5. The van der Waals surface area contributed by atoms with E-state index in [9.17, 15) is 0 Å². The van der Waals surface area contributed by atoms with E-state index in [-0.39, 0.29) is 5.41 Å². The normalized spacial score (nSPS) is 13.5. The van der Waals surface area contributed by atoms with Crippen LogP contribution >= 0.6 is 0 Å². The Morgan fingerprint density at radius 3 is 1.41 bits per heavy atom. The van der Waals surface area contributed by atoms with Crippen molar-refractivity contribution in [3.63, 3.8) is 0 Å². The number of anilines is 3. The fourth-order valence-corrected chi connectivity index (χ4v) is 11.1. The monoisotopic (exact) mass is 845 g/mol. The van der Waals surface area contributed by atoms with Crippen molar-refractivity contribution in [2.24, 2.45) is 0 Å². The summed E-state index contributed by atoms with van der Waals surface area (Å²) >= 11 is 0. The van der Waals surface area contributed by atoms with Gasteiger partial charge < -0.3 is 14.0 Å². The van der Waals surface area contributed by atoms with E-state index in [2.05, 4.69) is 252 Å². The zero-order chi connectivity index (χ0) is 43.9. The molecule has 2 aliphatic carbocycles. The van der Waals surface area contributed by atoms with Crippen LogP contribution in [0.25, 0.3) is 89.6 Å². The van der Waals surface area contributed by atoms with Crippen LogP contribution < -0.4 is 15.5 Å². The summed E-state index contributed by atoms with van der Waals surface area (Å²) < 4.78 is 4.80. The molecule has 66 heavy (non-hydrogen) atoms. The minimum atomic E-state index is -0.110. The first kappa shape index (κ1) is 38.3. The highest BCUT2D eigenvalue weighted by atomic mass is 15.1. The number of hydrogen-bond acceptors (Lipinski definition) is 1. The van der Waals surface area contributed by atoms with Gasteiger partial charge in [0.15, 0.2) is 0 Å². The molecule has 0 saturated carbocycles. The van der Waals surface area contributed by atoms with Crippen LogP contribution in [0.1, 0.15) is 37.8 Å². The lowest BCUT2D eigenvalue weighted by Gasteiger charge is -2.28. The van der Waals surface area contributed by atoms with E-state index in [4.69, 9.17) is 0 Å². The molecule has 11 aromatic rings. The van der Waals surface area contributed by atoms with Crippen LogP contribution in [0.5, 0.6) is 0 Å². The van der Waals surface area contributed by atoms with Gasteiger partial charge in [0.25, 0.3) is 0 Å². The summed E-state index contributed by atoms with van der Waals surface area (Å²) in [5, 5.41) is 6.53. The number of benzene rings is 9. The number of aromatic nitrogens is 2. The van der Waals surface area contributed by atoms with Crippen molar-refractivity contribution in [1.82, 2.24) is 9.13 Å². The fraction of sp³-hybridized carbons (Fsp3) is 0.0794. The maximum Gasteiger partial charge on any atom is 0.0541 e. The molecule has 0 saturated heterocycles. The lowest BCUT2D eigenvalue weighted by Crippen LogP contribution is -2.30. The fourth-order valence-electron chi connectivity index (χ4n) is 11.1. The van der Waals surface area contributed by atoms with Crippen molar-refractivity contribution >= 4 is 61.9 Å². The second-order valence-electron chi connectivity index (χ2n) is 18.4. The first-order chi connectivity index (χ1) is 32.5. The van der Waals surface area contributed by atoms with E-state index < -0.39 is 0 Å². The van der Waals surface area contributed by atoms with Crippen LogP contribution in [-0.4, -0.2) is 9.13 Å². The van der Waals surface area contributed by atoms with Gasteiger partial charge in [-0.3, -0.25) is 0 Å². The Balaban J connectivity index is 0.852. The van der Waals surface area contributed by atoms with E-state index in [0.717, 1.165) is 35.6 Å². The zero-order valence-electron chi connectivity index (χ0n) is 37.1. The molecule has 13 rings (SSSR count). The van der Waals surface area contributed by atoms with E-state index >= 15 is 0 Å². The average molecular weight is 846 g/mol. The molecule has 3 heteroatoms. The summed E-state index contributed by atoms with van der Waals surface area (Å²) in [6.45, 7) is 4.72. The standard InChI is InChI=1S/C63H47N3/c1-63(2)57-18-8-3-13-51(57)52-40-39-50(41-58(52)63)64(46-31-23-42(24-32-46)44-27-35-48(36-28-44)65-59-19-9-4-14-53(59)54-15-5-10-20-60(54)65)47-33-25-43(26-34-47)45-29-37-49(38-30-45)66-61-21-11-6-16-55(61)56-17-7-12-22-62(56)66/h3-6,8-11,13-41H,7,12H2,1-2H3. The van der Waals surface area contributed by atoms with E-state index in [0.29, 0.717) is 0 Å². The molecule has 0 radical (unpaired) electrons. The molecule has 0 atom stereocenters. The van der Waals surface area contributed by atoms with E-state index in [1.165, 1.54) is 93.5 Å². The van der Waals surface area contributed by atoms with Crippen LogP contribution in [0.4, 0.5) is 17.1 Å². The molecule has 314 valence electrons. The largest absolute Gasteiger partial charge is 0.310 e. The molecular weight excluding hydrogens is 799 g/mol. The predicted molar refractivity (Wildman–Crippen MR) is 278 cm³/mol. The van der Waals surface area contributed by atoms with Crippen molar-refractivity contribution in [1.29, 1.82) is 0 Å². The Kier molecular flexibility index (Phi) is 8.69. The van der Waals surface area contributed by atoms with Gasteiger partial charge in [0.1, 0.15) is 0 Å². The molecule has 9 aromatic carbocycles. The highest BCUT2D eigenvalue weighted by Gasteiger charge is 2.35. The van der Waals surface area contributed by atoms with Gasteiger partial charge in [-0.25, -0.2) is 0 Å². The molecule has 2 aliphatic rings. The predicted octanol–water partition coefficient (Wildman–Crippen LogP) is 15.2. The van der Waals surface area contributed by atoms with Crippen LogP contribution in [0.2, 0.25) is 0 Å². The maximum atomic E-state index is 2.43. The van der Waals surface area contributed by atoms with E-state index in [1.54, 1.807) is 0 Å². The van der Waals surface area contributed by atoms with Gasteiger partial charge in [-0.05, 0) is 136 Å². The van der Waals surface area contributed by atoms with Crippen molar-refractivity contribution in [3.8, 4) is 44.8 Å². The van der Waals surface area contributed by atoms with Gasteiger partial charge in [0, 0.05) is 60.6 Å². The topological polar surface area (TPSA) is 13.1 Å². The van der Waals surface area contributed by atoms with Crippen LogP contribution in [0.15, 0.2) is 212 Å². The average Bonchev–Trinajstić information content (AvgIpc) is 3.98. The SMILES string of the molecule is CC1(C)c2ccccc2-c2ccc(N(c3ccc(-c4ccc(-n5c6c(c7ccccc75)=CCCC=6)cc4)cc3)c3ccc(-c4ccc(-n5c6ccccc6c6ccccc65)cc4)cc3)cc21. The number of fused-ring (bicyclic) bond motifs is 9. The van der Waals surface area contributed by atoms with Gasteiger partial charge in [-0.2, -0.15) is 0 Å². The molecule has 0 spiro atoms. The summed E-state index contributed by atoms with van der Waals surface area (Å²) in [7, 11) is 0. The number of nitrogens with zero attached hydrogens (tertiary/aromatic N) is 3. The second kappa shape index (κ2) is 15.0. The molecule has 0 bridgehead atoms. The Hall–Kier alpha value is -8.14. The van der Waals surface area contributed by atoms with Crippen LogP contribution in [0, 0.1) is 0 Å². The van der Waals surface area contributed by atoms with Gasteiger partial charge in [0.2, 0.25) is 0 Å². The summed E-state index contributed by atoms with van der Waals surface area (Å²) in [6, 6.07) is 78.4. The van der Waals surface area contributed by atoms with E-state index in [1.807, 2.05) is 0 Å². The second-order valence-corrected chi connectivity index (χ2v) is 18.4. The molecule has 2 heterocycles. The third-order valence-corrected chi connectivity index (χ3v) is 14.4. The Labute approximate surface area is 385 Å². The van der Waals surface area contributed by atoms with Gasteiger partial charge in [-0.15, -0.1) is 0 Å². The Morgan fingerprint density at radius 1 is 0.379 bits per heavy atom. The summed E-state index contributed by atoms with van der Waals surface area (Å²) in [6.07, 6.45) is 6.96. The minimum Gasteiger partial charge on any atom is -0.310 e. The van der Waals surface area contributed by atoms with Gasteiger partial charge >= 0.3 is 0 Å². The maximum absolute atomic E-state index is 2.43. The van der Waals surface area contributed by atoms with Crippen LogP contribution in [-0.2, 0) is 5.41 Å². The third kappa shape index (κ3) is 5.97. The van der Waals surface area contributed by atoms with Gasteiger partial charge in [0.05, 0.1) is 16.6 Å². The molecular formula is C63H47N3. The quantitative estimate of drug-likeness (QED) is 0.156. The van der Waals surface area contributed by atoms with Crippen molar-refractivity contribution in [2.45, 2.75) is 32.1 Å². The highest BCUT2D eigenvalue weighted by Crippen LogP contribution is 2.50.